The second-order valence-corrected chi connectivity index (χ2v) is 2.30. The Morgan fingerprint density at radius 1 is 1.69 bits per heavy atom. The largest absolute Gasteiger partial charge is 0.395 e. The fourth-order valence-electron chi connectivity index (χ4n) is 0.779. The summed E-state index contributed by atoms with van der Waals surface area (Å²) in [5.74, 6) is -0.252. The minimum Gasteiger partial charge on any atom is -0.395 e. The summed E-state index contributed by atoms with van der Waals surface area (Å²) in [6, 6.07) is 0. The van der Waals surface area contributed by atoms with Crippen LogP contribution in [0.5, 0.6) is 0 Å². The van der Waals surface area contributed by atoms with E-state index in [-0.39, 0.29) is 30.4 Å². The van der Waals surface area contributed by atoms with E-state index in [4.69, 9.17) is 10.8 Å². The number of nitrogens with zero attached hydrogens (tertiary/aromatic N) is 2. The second-order valence-electron chi connectivity index (χ2n) is 2.30. The van der Waals surface area contributed by atoms with Crippen LogP contribution in [-0.4, -0.2) is 34.1 Å². The van der Waals surface area contributed by atoms with E-state index < -0.39 is 0 Å². The van der Waals surface area contributed by atoms with Crippen molar-refractivity contribution in [3.8, 4) is 0 Å². The molecule has 1 rings (SSSR count). The fourth-order valence-corrected chi connectivity index (χ4v) is 0.779. The summed E-state index contributed by atoms with van der Waals surface area (Å²) in [6.07, 6.45) is 2.59. The maximum Gasteiger partial charge on any atom is 0.256 e. The van der Waals surface area contributed by atoms with Crippen molar-refractivity contribution in [2.24, 2.45) is 0 Å². The Morgan fingerprint density at radius 2 is 2.46 bits per heavy atom. The number of rotatable bonds is 3. The van der Waals surface area contributed by atoms with Gasteiger partial charge >= 0.3 is 0 Å². The molecule has 1 amide bonds. The lowest BCUT2D eigenvalue weighted by molar-refractivity contribution is 0.0945. The minimum absolute atomic E-state index is 0.112. The highest BCUT2D eigenvalue weighted by atomic mass is 16.3. The Hall–Kier alpha value is -1.69. The summed E-state index contributed by atoms with van der Waals surface area (Å²) in [7, 11) is 0. The summed E-state index contributed by atoms with van der Waals surface area (Å²) < 4.78 is 0. The third-order valence-corrected chi connectivity index (χ3v) is 1.39. The predicted molar refractivity (Wildman–Crippen MR) is 45.9 cm³/mol. The predicted octanol–water partition coefficient (Wildman–Crippen LogP) is -1.22. The first-order valence-electron chi connectivity index (χ1n) is 3.70. The van der Waals surface area contributed by atoms with E-state index in [1.54, 1.807) is 0 Å². The van der Waals surface area contributed by atoms with E-state index in [1.807, 2.05) is 0 Å². The van der Waals surface area contributed by atoms with E-state index in [0.717, 1.165) is 0 Å². The Kier molecular flexibility index (Phi) is 3.15. The van der Waals surface area contributed by atoms with E-state index in [2.05, 4.69) is 15.3 Å². The molecule has 70 valence electrons. The second kappa shape index (κ2) is 4.36. The average Bonchev–Trinajstić information content (AvgIpc) is 2.15. The summed E-state index contributed by atoms with van der Waals surface area (Å²) in [5.41, 5.74) is 5.64. The first kappa shape index (κ1) is 9.40. The van der Waals surface area contributed by atoms with Crippen molar-refractivity contribution in [1.82, 2.24) is 15.3 Å². The third-order valence-electron chi connectivity index (χ3n) is 1.39. The van der Waals surface area contributed by atoms with E-state index >= 15 is 0 Å². The number of hydrogen-bond acceptors (Lipinski definition) is 5. The van der Waals surface area contributed by atoms with E-state index in [0.29, 0.717) is 0 Å². The molecule has 0 spiro atoms. The number of carbonyl (C=O) groups is 1. The van der Waals surface area contributed by atoms with Gasteiger partial charge in [0.2, 0.25) is 0 Å². The van der Waals surface area contributed by atoms with Gasteiger partial charge in [0.05, 0.1) is 12.2 Å². The van der Waals surface area contributed by atoms with Gasteiger partial charge in [-0.1, -0.05) is 0 Å². The summed E-state index contributed by atoms with van der Waals surface area (Å²) in [6.45, 7) is 0.0759. The average molecular weight is 182 g/mol. The quantitative estimate of drug-likeness (QED) is 0.544. The van der Waals surface area contributed by atoms with Crippen molar-refractivity contribution in [1.29, 1.82) is 0 Å². The molecule has 0 fully saturated rings. The summed E-state index contributed by atoms with van der Waals surface area (Å²) in [4.78, 5) is 18.6. The molecule has 0 radical (unpaired) electrons. The molecule has 6 heteroatoms. The maximum atomic E-state index is 11.2. The van der Waals surface area contributed by atoms with Crippen LogP contribution in [-0.2, 0) is 0 Å². The molecule has 0 saturated carbocycles. The lowest BCUT2D eigenvalue weighted by Crippen LogP contribution is -2.27. The SMILES string of the molecule is Nc1ncncc1C(=O)NCCO. The molecule has 0 saturated heterocycles. The highest BCUT2D eigenvalue weighted by Gasteiger charge is 2.08. The Balaban J connectivity index is 2.71. The minimum atomic E-state index is -0.382. The van der Waals surface area contributed by atoms with Crippen LogP contribution in [0.4, 0.5) is 5.82 Å². The number of amides is 1. The molecular weight excluding hydrogens is 172 g/mol. The van der Waals surface area contributed by atoms with Crippen LogP contribution >= 0.6 is 0 Å². The highest BCUT2D eigenvalue weighted by molar-refractivity contribution is 5.97. The Morgan fingerprint density at radius 3 is 3.08 bits per heavy atom. The van der Waals surface area contributed by atoms with Crippen LogP contribution in [0.15, 0.2) is 12.5 Å². The maximum absolute atomic E-state index is 11.2. The number of anilines is 1. The van der Waals surface area contributed by atoms with Crippen LogP contribution in [0.2, 0.25) is 0 Å². The molecule has 4 N–H and O–H groups in total. The van der Waals surface area contributed by atoms with Gasteiger partial charge in [-0.25, -0.2) is 9.97 Å². The molecule has 6 nitrogen and oxygen atoms in total. The zero-order valence-corrected chi connectivity index (χ0v) is 6.90. The number of hydrogen-bond donors (Lipinski definition) is 3. The monoisotopic (exact) mass is 182 g/mol. The number of carbonyl (C=O) groups excluding carboxylic acids is 1. The van der Waals surface area contributed by atoms with Crippen LogP contribution < -0.4 is 11.1 Å². The van der Waals surface area contributed by atoms with Gasteiger partial charge in [0.15, 0.2) is 0 Å². The van der Waals surface area contributed by atoms with Crippen molar-refractivity contribution in [2.75, 3.05) is 18.9 Å². The summed E-state index contributed by atoms with van der Waals surface area (Å²) >= 11 is 0. The molecule has 0 aliphatic carbocycles. The van der Waals surface area contributed by atoms with Crippen LogP contribution in [0.3, 0.4) is 0 Å². The molecule has 13 heavy (non-hydrogen) atoms. The lowest BCUT2D eigenvalue weighted by Gasteiger charge is -2.03. The Labute approximate surface area is 74.8 Å². The molecule has 0 bridgehead atoms. The molecule has 1 aromatic heterocycles. The van der Waals surface area contributed by atoms with Gasteiger partial charge in [0.25, 0.3) is 5.91 Å². The van der Waals surface area contributed by atoms with Crippen LogP contribution in [0.25, 0.3) is 0 Å². The number of nitrogens with two attached hydrogens (primary N) is 1. The lowest BCUT2D eigenvalue weighted by atomic mass is 10.3. The first-order chi connectivity index (χ1) is 6.25. The zero-order chi connectivity index (χ0) is 9.68. The first-order valence-corrected chi connectivity index (χ1v) is 3.70. The van der Waals surface area contributed by atoms with Gasteiger partial charge in [-0.15, -0.1) is 0 Å². The normalized spacial score (nSPS) is 9.62. The number of aliphatic hydroxyl groups is 1. The molecule has 0 aliphatic heterocycles. The molecule has 0 aromatic carbocycles. The molecule has 1 heterocycles. The molecule has 0 unspecified atom stereocenters. The fraction of sp³-hybridized carbons (Fsp3) is 0.286. The van der Waals surface area contributed by atoms with Crippen molar-refractivity contribution < 1.29 is 9.90 Å². The topological polar surface area (TPSA) is 101 Å². The van der Waals surface area contributed by atoms with Crippen molar-refractivity contribution >= 4 is 11.7 Å². The van der Waals surface area contributed by atoms with Crippen molar-refractivity contribution in [3.05, 3.63) is 18.1 Å². The van der Waals surface area contributed by atoms with Crippen LogP contribution in [0.1, 0.15) is 10.4 Å². The molecular formula is C7H10N4O2. The molecule has 1 aromatic rings. The van der Waals surface area contributed by atoms with Crippen LogP contribution in [0, 0.1) is 0 Å². The number of aromatic nitrogens is 2. The molecule has 0 atom stereocenters. The number of nitrogens with one attached hydrogen (secondary N) is 1. The highest BCUT2D eigenvalue weighted by Crippen LogP contribution is 2.03. The smallest absolute Gasteiger partial charge is 0.256 e. The zero-order valence-electron chi connectivity index (χ0n) is 6.90. The van der Waals surface area contributed by atoms with Crippen molar-refractivity contribution in [3.63, 3.8) is 0 Å². The van der Waals surface area contributed by atoms with E-state index in [9.17, 15) is 4.79 Å². The van der Waals surface area contributed by atoms with E-state index in [1.165, 1.54) is 12.5 Å². The van der Waals surface area contributed by atoms with Gasteiger partial charge in [0, 0.05) is 12.7 Å². The molecule has 0 aliphatic rings. The van der Waals surface area contributed by atoms with Gasteiger partial charge in [-0.05, 0) is 0 Å². The number of nitrogen functional groups attached to an aromatic ring is 1. The standard InChI is InChI=1S/C7H10N4O2/c8-6-5(3-9-4-11-6)7(13)10-1-2-12/h3-4,12H,1-2H2,(H,10,13)(H2,8,9,11). The van der Waals surface area contributed by atoms with Gasteiger partial charge in [-0.3, -0.25) is 4.79 Å². The van der Waals surface area contributed by atoms with Crippen molar-refractivity contribution in [2.45, 2.75) is 0 Å². The Bertz CT molecular complexity index is 302. The van der Waals surface area contributed by atoms with Gasteiger partial charge in [0.1, 0.15) is 12.1 Å². The van der Waals surface area contributed by atoms with Gasteiger partial charge in [-0.2, -0.15) is 0 Å². The summed E-state index contributed by atoms with van der Waals surface area (Å²) in [5, 5.41) is 10.9. The van der Waals surface area contributed by atoms with Gasteiger partial charge < -0.3 is 16.2 Å². The third kappa shape index (κ3) is 2.38. The number of aliphatic hydroxyl groups excluding tert-OH is 1.